The molecule has 0 unspecified atom stereocenters. The van der Waals surface area contributed by atoms with Crippen molar-refractivity contribution in [2.75, 3.05) is 7.05 Å². The van der Waals surface area contributed by atoms with Crippen LogP contribution in [0.3, 0.4) is 0 Å². The van der Waals surface area contributed by atoms with Gasteiger partial charge in [0.1, 0.15) is 5.75 Å². The van der Waals surface area contributed by atoms with E-state index in [0.29, 0.717) is 5.56 Å². The van der Waals surface area contributed by atoms with Crippen LogP contribution in [-0.2, 0) is 11.3 Å². The molecule has 1 aromatic rings. The number of hydrogen-bond donors (Lipinski definition) is 2. The highest BCUT2D eigenvalue weighted by Crippen LogP contribution is 2.22. The maximum atomic E-state index is 12.0. The van der Waals surface area contributed by atoms with Gasteiger partial charge < -0.3 is 15.4 Å². The Kier molecular flexibility index (Phi) is 4.99. The van der Waals surface area contributed by atoms with Crippen LogP contribution in [0.15, 0.2) is 24.3 Å². The monoisotopic (exact) mass is 290 g/mol. The smallest absolute Gasteiger partial charge is 0.406 e. The van der Waals surface area contributed by atoms with Crippen molar-refractivity contribution in [3.63, 3.8) is 0 Å². The van der Waals surface area contributed by atoms with E-state index in [0.717, 1.165) is 0 Å². The Morgan fingerprint density at radius 1 is 1.20 bits per heavy atom. The van der Waals surface area contributed by atoms with Gasteiger partial charge in [0.25, 0.3) is 0 Å². The highest BCUT2D eigenvalue weighted by Gasteiger charge is 2.31. The maximum absolute atomic E-state index is 12.0. The normalized spacial score (nSPS) is 12.1. The Balaban J connectivity index is 2.56. The topological polar surface area (TPSA) is 50.4 Å². The summed E-state index contributed by atoms with van der Waals surface area (Å²) in [5.74, 6) is -0.487. The highest BCUT2D eigenvalue weighted by atomic mass is 19.4. The Bertz CT molecular complexity index is 456. The second-order valence-electron chi connectivity index (χ2n) is 4.75. The molecule has 0 radical (unpaired) electrons. The third-order valence-corrected chi connectivity index (χ3v) is 2.80. The van der Waals surface area contributed by atoms with Gasteiger partial charge in [-0.15, -0.1) is 13.2 Å². The van der Waals surface area contributed by atoms with Crippen LogP contribution in [0.25, 0.3) is 0 Å². The summed E-state index contributed by atoms with van der Waals surface area (Å²) in [7, 11) is 1.67. The van der Waals surface area contributed by atoms with Crippen LogP contribution >= 0.6 is 0 Å². The van der Waals surface area contributed by atoms with Gasteiger partial charge >= 0.3 is 6.36 Å². The van der Waals surface area contributed by atoms with Gasteiger partial charge in [-0.1, -0.05) is 12.1 Å². The fourth-order valence-corrected chi connectivity index (χ4v) is 1.33. The highest BCUT2D eigenvalue weighted by molar-refractivity contribution is 5.85. The summed E-state index contributed by atoms with van der Waals surface area (Å²) in [6.07, 6.45) is -4.70. The molecule has 0 spiro atoms. The molecule has 0 atom stereocenters. The lowest BCUT2D eigenvalue weighted by Crippen LogP contribution is -2.50. The number of hydrogen-bond acceptors (Lipinski definition) is 3. The molecule has 0 saturated carbocycles. The van der Waals surface area contributed by atoms with Crippen LogP contribution in [0, 0.1) is 0 Å². The number of benzene rings is 1. The molecule has 0 aliphatic rings. The zero-order chi connectivity index (χ0) is 15.4. The SMILES string of the molecule is CNC(C)(C)C(=O)NCc1ccc(OC(F)(F)F)cc1. The number of likely N-dealkylation sites (N-methyl/N-ethyl adjacent to an activating group) is 1. The molecular weight excluding hydrogens is 273 g/mol. The summed E-state index contributed by atoms with van der Waals surface area (Å²) in [6.45, 7) is 3.68. The average molecular weight is 290 g/mol. The summed E-state index contributed by atoms with van der Waals surface area (Å²) in [5, 5.41) is 5.55. The Morgan fingerprint density at radius 3 is 2.20 bits per heavy atom. The number of halogens is 3. The molecule has 0 aromatic heterocycles. The minimum atomic E-state index is -4.70. The largest absolute Gasteiger partial charge is 0.573 e. The standard InChI is InChI=1S/C13H17F3N2O2/c1-12(2,17-3)11(19)18-8-9-4-6-10(7-5-9)20-13(14,15)16/h4-7,17H,8H2,1-3H3,(H,18,19). The predicted molar refractivity (Wildman–Crippen MR) is 68.1 cm³/mol. The molecule has 0 aliphatic carbocycles. The van der Waals surface area contributed by atoms with E-state index in [1.54, 1.807) is 20.9 Å². The Morgan fingerprint density at radius 2 is 1.75 bits per heavy atom. The van der Waals surface area contributed by atoms with Crippen LogP contribution in [0.2, 0.25) is 0 Å². The number of rotatable bonds is 5. The zero-order valence-electron chi connectivity index (χ0n) is 11.5. The molecule has 0 bridgehead atoms. The van der Waals surface area contributed by atoms with Crippen molar-refractivity contribution < 1.29 is 22.7 Å². The lowest BCUT2D eigenvalue weighted by atomic mass is 10.1. The summed E-state index contributed by atoms with van der Waals surface area (Å²) in [5.41, 5.74) is -0.0286. The maximum Gasteiger partial charge on any atom is 0.573 e. The van der Waals surface area contributed by atoms with E-state index in [-0.39, 0.29) is 18.2 Å². The number of alkyl halides is 3. The van der Waals surface area contributed by atoms with Gasteiger partial charge in [0.15, 0.2) is 0 Å². The molecule has 0 saturated heterocycles. The number of carbonyl (C=O) groups is 1. The summed E-state index contributed by atoms with van der Waals surface area (Å²) in [6, 6.07) is 5.35. The number of amides is 1. The van der Waals surface area contributed by atoms with Gasteiger partial charge in [0.05, 0.1) is 5.54 Å². The predicted octanol–water partition coefficient (Wildman–Crippen LogP) is 2.20. The second-order valence-corrected chi connectivity index (χ2v) is 4.75. The molecule has 20 heavy (non-hydrogen) atoms. The first-order valence-corrected chi connectivity index (χ1v) is 5.96. The van der Waals surface area contributed by atoms with Crippen LogP contribution in [0.5, 0.6) is 5.75 Å². The average Bonchev–Trinajstić information content (AvgIpc) is 2.35. The fraction of sp³-hybridized carbons (Fsp3) is 0.462. The minimum Gasteiger partial charge on any atom is -0.406 e. The van der Waals surface area contributed by atoms with Crippen molar-refractivity contribution in [2.24, 2.45) is 0 Å². The van der Waals surface area contributed by atoms with Crippen LogP contribution in [0.4, 0.5) is 13.2 Å². The van der Waals surface area contributed by atoms with Crippen LogP contribution in [-0.4, -0.2) is 24.9 Å². The third-order valence-electron chi connectivity index (χ3n) is 2.80. The van der Waals surface area contributed by atoms with E-state index in [1.807, 2.05) is 0 Å². The number of nitrogens with one attached hydrogen (secondary N) is 2. The van der Waals surface area contributed by atoms with Crippen molar-refractivity contribution in [1.29, 1.82) is 0 Å². The van der Waals surface area contributed by atoms with E-state index in [4.69, 9.17) is 0 Å². The minimum absolute atomic E-state index is 0.199. The molecular formula is C13H17F3N2O2. The van der Waals surface area contributed by atoms with Gasteiger partial charge in [0.2, 0.25) is 5.91 Å². The van der Waals surface area contributed by atoms with Crippen LogP contribution < -0.4 is 15.4 Å². The molecule has 1 aromatic carbocycles. The van der Waals surface area contributed by atoms with Gasteiger partial charge in [-0.25, -0.2) is 0 Å². The number of carbonyl (C=O) groups excluding carboxylic acids is 1. The quantitative estimate of drug-likeness (QED) is 0.874. The van der Waals surface area contributed by atoms with Crippen LogP contribution in [0.1, 0.15) is 19.4 Å². The molecule has 0 fully saturated rings. The molecule has 112 valence electrons. The molecule has 1 amide bonds. The summed E-state index contributed by atoms with van der Waals surface area (Å²) >= 11 is 0. The molecule has 2 N–H and O–H groups in total. The van der Waals surface area contributed by atoms with E-state index in [2.05, 4.69) is 15.4 Å². The molecule has 0 heterocycles. The molecule has 7 heteroatoms. The lowest BCUT2D eigenvalue weighted by molar-refractivity contribution is -0.274. The van der Waals surface area contributed by atoms with E-state index >= 15 is 0 Å². The van der Waals surface area contributed by atoms with Gasteiger partial charge in [-0.3, -0.25) is 4.79 Å². The van der Waals surface area contributed by atoms with E-state index < -0.39 is 11.9 Å². The van der Waals surface area contributed by atoms with E-state index in [9.17, 15) is 18.0 Å². The van der Waals surface area contributed by atoms with Gasteiger partial charge in [0, 0.05) is 6.54 Å². The third kappa shape index (κ3) is 5.08. The first-order chi connectivity index (χ1) is 9.14. The molecule has 1 rings (SSSR count). The van der Waals surface area contributed by atoms with Gasteiger partial charge in [-0.2, -0.15) is 0 Å². The molecule has 0 aliphatic heterocycles. The first kappa shape index (κ1) is 16.3. The van der Waals surface area contributed by atoms with Crippen molar-refractivity contribution in [3.8, 4) is 5.75 Å². The fourth-order valence-electron chi connectivity index (χ4n) is 1.33. The van der Waals surface area contributed by atoms with Crippen molar-refractivity contribution in [3.05, 3.63) is 29.8 Å². The Hall–Kier alpha value is -1.76. The molecule has 4 nitrogen and oxygen atoms in total. The van der Waals surface area contributed by atoms with E-state index in [1.165, 1.54) is 24.3 Å². The zero-order valence-corrected chi connectivity index (χ0v) is 11.5. The first-order valence-electron chi connectivity index (χ1n) is 5.96. The van der Waals surface area contributed by atoms with Crippen molar-refractivity contribution in [1.82, 2.24) is 10.6 Å². The summed E-state index contributed by atoms with van der Waals surface area (Å²) in [4.78, 5) is 11.8. The Labute approximate surface area is 115 Å². The second kappa shape index (κ2) is 6.13. The van der Waals surface area contributed by atoms with Gasteiger partial charge in [-0.05, 0) is 38.6 Å². The van der Waals surface area contributed by atoms with Crippen molar-refractivity contribution in [2.45, 2.75) is 32.3 Å². The number of ether oxygens (including phenoxy) is 1. The van der Waals surface area contributed by atoms with Crippen molar-refractivity contribution >= 4 is 5.91 Å². The lowest BCUT2D eigenvalue weighted by Gasteiger charge is -2.22. The summed E-state index contributed by atoms with van der Waals surface area (Å²) < 4.78 is 39.7.